The van der Waals surface area contributed by atoms with E-state index >= 15 is 0 Å². The summed E-state index contributed by atoms with van der Waals surface area (Å²) in [6.07, 6.45) is -4.72. The van der Waals surface area contributed by atoms with E-state index < -0.39 is 35.3 Å². The first kappa shape index (κ1) is 30.4. The van der Waals surface area contributed by atoms with Crippen molar-refractivity contribution in [2.24, 2.45) is 4.99 Å². The van der Waals surface area contributed by atoms with Crippen LogP contribution in [0.5, 0.6) is 0 Å². The highest BCUT2D eigenvalue weighted by Gasteiger charge is 2.36. The molecule has 0 radical (unpaired) electrons. The highest BCUT2D eigenvalue weighted by atomic mass is 19.4. The van der Waals surface area contributed by atoms with Crippen LogP contribution >= 0.6 is 0 Å². The third-order valence-corrected chi connectivity index (χ3v) is 6.56. The summed E-state index contributed by atoms with van der Waals surface area (Å²) in [7, 11) is 0. The van der Waals surface area contributed by atoms with Gasteiger partial charge < -0.3 is 4.74 Å². The fourth-order valence-electron chi connectivity index (χ4n) is 4.59. The van der Waals surface area contributed by atoms with Gasteiger partial charge in [0, 0.05) is 29.0 Å². The first-order valence-corrected chi connectivity index (χ1v) is 13.6. The molecule has 4 aromatic carbocycles. The molecule has 4 nitrogen and oxygen atoms in total. The third-order valence-electron chi connectivity index (χ3n) is 6.56. The smallest absolute Gasteiger partial charge is 0.416 e. The van der Waals surface area contributed by atoms with Crippen LogP contribution in [0.2, 0.25) is 0 Å². The van der Waals surface area contributed by atoms with Gasteiger partial charge in [0.2, 0.25) is 0 Å². The minimum Gasteiger partial charge on any atom is -0.458 e. The number of benzene rings is 4. The molecule has 0 fully saturated rings. The molecule has 0 aliphatic carbocycles. The Balaban J connectivity index is 1.91. The summed E-state index contributed by atoms with van der Waals surface area (Å²) in [5.74, 6) is -1.87. The Morgan fingerprint density at radius 1 is 0.690 bits per heavy atom. The molecule has 0 amide bonds. The van der Waals surface area contributed by atoms with Crippen molar-refractivity contribution < 1.29 is 27.5 Å². The highest BCUT2D eigenvalue weighted by molar-refractivity contribution is 6.13. The zero-order valence-corrected chi connectivity index (χ0v) is 23.6. The van der Waals surface area contributed by atoms with Gasteiger partial charge in [-0.1, -0.05) is 103 Å². The second kappa shape index (κ2) is 13.0. The van der Waals surface area contributed by atoms with Crippen LogP contribution in [-0.4, -0.2) is 29.1 Å². The van der Waals surface area contributed by atoms with E-state index in [9.17, 15) is 22.8 Å². The maximum absolute atomic E-state index is 13.9. The molecule has 7 heteroatoms. The van der Waals surface area contributed by atoms with Crippen LogP contribution in [0.25, 0.3) is 0 Å². The van der Waals surface area contributed by atoms with Gasteiger partial charge in [0.15, 0.2) is 11.8 Å². The fourth-order valence-corrected chi connectivity index (χ4v) is 4.59. The lowest BCUT2D eigenvalue weighted by atomic mass is 9.85. The number of hydrogen-bond acceptors (Lipinski definition) is 4. The SMILES string of the molecule is CC(C)(C)OC(=O)[C@@H](N=C(c1ccccc1)c1ccccc1)[C@H](CC(=O)c1ccccc1)c1ccc(C(F)(F)F)cc1. The highest BCUT2D eigenvalue weighted by Crippen LogP contribution is 2.34. The number of halogens is 3. The van der Waals surface area contributed by atoms with E-state index in [4.69, 9.17) is 9.73 Å². The number of carbonyl (C=O) groups excluding carboxylic acids is 2. The molecule has 0 N–H and O–H groups in total. The van der Waals surface area contributed by atoms with Gasteiger partial charge in [-0.3, -0.25) is 9.79 Å². The number of ether oxygens (including phenoxy) is 1. The lowest BCUT2D eigenvalue weighted by Crippen LogP contribution is -2.36. The zero-order chi connectivity index (χ0) is 30.3. The average molecular weight is 572 g/mol. The molecule has 4 aromatic rings. The zero-order valence-electron chi connectivity index (χ0n) is 23.6. The van der Waals surface area contributed by atoms with E-state index in [1.165, 1.54) is 12.1 Å². The van der Waals surface area contributed by atoms with Gasteiger partial charge in [-0.2, -0.15) is 13.2 Å². The maximum Gasteiger partial charge on any atom is 0.416 e. The van der Waals surface area contributed by atoms with E-state index in [1.807, 2.05) is 60.7 Å². The first-order valence-electron chi connectivity index (χ1n) is 13.6. The molecular formula is C35H32F3NO3. The average Bonchev–Trinajstić information content (AvgIpc) is 2.97. The molecule has 0 bridgehead atoms. The van der Waals surface area contributed by atoms with Gasteiger partial charge in [-0.25, -0.2) is 4.79 Å². The van der Waals surface area contributed by atoms with Crippen LogP contribution in [0.1, 0.15) is 65.7 Å². The molecule has 0 saturated heterocycles. The number of ketones is 1. The third kappa shape index (κ3) is 8.03. The van der Waals surface area contributed by atoms with Crippen molar-refractivity contribution in [1.82, 2.24) is 0 Å². The van der Waals surface area contributed by atoms with Crippen molar-refractivity contribution >= 4 is 17.5 Å². The monoisotopic (exact) mass is 571 g/mol. The maximum atomic E-state index is 13.9. The van der Waals surface area contributed by atoms with Gasteiger partial charge in [0.25, 0.3) is 0 Å². The van der Waals surface area contributed by atoms with Crippen LogP contribution in [0.3, 0.4) is 0 Å². The van der Waals surface area contributed by atoms with Gasteiger partial charge in [-0.05, 0) is 38.5 Å². The summed E-state index contributed by atoms with van der Waals surface area (Å²) in [6.45, 7) is 5.18. The molecule has 4 rings (SSSR count). The van der Waals surface area contributed by atoms with E-state index in [0.29, 0.717) is 16.8 Å². The predicted octanol–water partition coefficient (Wildman–Crippen LogP) is 8.31. The number of hydrogen-bond donors (Lipinski definition) is 0. The molecule has 0 aliphatic rings. The molecular weight excluding hydrogens is 539 g/mol. The number of alkyl halides is 3. The van der Waals surface area contributed by atoms with Gasteiger partial charge in [0.1, 0.15) is 5.60 Å². The van der Waals surface area contributed by atoms with E-state index in [1.54, 1.807) is 51.1 Å². The Morgan fingerprint density at radius 2 is 1.14 bits per heavy atom. The number of aliphatic imine (C=N–C) groups is 1. The van der Waals surface area contributed by atoms with E-state index in [2.05, 4.69) is 0 Å². The first-order chi connectivity index (χ1) is 19.9. The van der Waals surface area contributed by atoms with Crippen molar-refractivity contribution in [3.05, 3.63) is 143 Å². The van der Waals surface area contributed by atoms with Crippen molar-refractivity contribution in [3.8, 4) is 0 Å². The van der Waals surface area contributed by atoms with Gasteiger partial charge in [0.05, 0.1) is 11.3 Å². The standard InChI is InChI=1S/C35H32F3NO3/c1-34(2,3)42-33(41)32(39-31(26-15-9-5-10-16-26)27-17-11-6-12-18-27)29(23-30(40)25-13-7-4-8-14-25)24-19-21-28(22-20-24)35(36,37)38/h4-22,29,32H,23H2,1-3H3/t29-,32+/m1/s1. The number of carbonyl (C=O) groups is 2. The Bertz CT molecular complexity index is 1470. The van der Waals surface area contributed by atoms with Crippen LogP contribution in [-0.2, 0) is 15.7 Å². The number of Topliss-reactive ketones (excluding diaryl/α,β-unsaturated/α-hetero) is 1. The second-order valence-electron chi connectivity index (χ2n) is 10.9. The largest absolute Gasteiger partial charge is 0.458 e. The molecule has 0 spiro atoms. The summed E-state index contributed by atoms with van der Waals surface area (Å²) in [6, 6.07) is 30.4. The molecule has 0 heterocycles. The number of esters is 1. The Labute approximate surface area is 243 Å². The van der Waals surface area contributed by atoms with Crippen molar-refractivity contribution in [3.63, 3.8) is 0 Å². The summed E-state index contributed by atoms with van der Waals surface area (Å²) < 4.78 is 46.1. The number of nitrogens with zero attached hydrogens (tertiary/aromatic N) is 1. The Hall–Kier alpha value is -4.52. The molecule has 42 heavy (non-hydrogen) atoms. The van der Waals surface area contributed by atoms with Crippen molar-refractivity contribution in [1.29, 1.82) is 0 Å². The van der Waals surface area contributed by atoms with Crippen LogP contribution in [0, 0.1) is 0 Å². The lowest BCUT2D eigenvalue weighted by Gasteiger charge is -2.28. The Kier molecular flexibility index (Phi) is 9.41. The van der Waals surface area contributed by atoms with Crippen LogP contribution in [0.15, 0.2) is 120 Å². The summed E-state index contributed by atoms with van der Waals surface area (Å²) in [5.41, 5.74) is 1.05. The van der Waals surface area contributed by atoms with Crippen molar-refractivity contribution in [2.75, 3.05) is 0 Å². The van der Waals surface area contributed by atoms with E-state index in [-0.39, 0.29) is 12.2 Å². The van der Waals surface area contributed by atoms with E-state index in [0.717, 1.165) is 23.3 Å². The topological polar surface area (TPSA) is 55.7 Å². The summed E-state index contributed by atoms with van der Waals surface area (Å²) >= 11 is 0. The minimum absolute atomic E-state index is 0.181. The lowest BCUT2D eigenvalue weighted by molar-refractivity contribution is -0.157. The second-order valence-corrected chi connectivity index (χ2v) is 10.9. The minimum atomic E-state index is -4.54. The molecule has 0 aromatic heterocycles. The predicted molar refractivity (Wildman–Crippen MR) is 158 cm³/mol. The fraction of sp³-hybridized carbons (Fsp3) is 0.229. The molecule has 0 unspecified atom stereocenters. The van der Waals surface area contributed by atoms with Crippen molar-refractivity contribution in [2.45, 2.75) is 50.9 Å². The normalized spacial score (nSPS) is 13.1. The Morgan fingerprint density at radius 3 is 1.57 bits per heavy atom. The van der Waals surface area contributed by atoms with Crippen LogP contribution < -0.4 is 0 Å². The summed E-state index contributed by atoms with van der Waals surface area (Å²) in [4.78, 5) is 32.4. The van der Waals surface area contributed by atoms with Crippen LogP contribution in [0.4, 0.5) is 13.2 Å². The van der Waals surface area contributed by atoms with Gasteiger partial charge in [-0.15, -0.1) is 0 Å². The quantitative estimate of drug-likeness (QED) is 0.115. The summed E-state index contributed by atoms with van der Waals surface area (Å²) in [5, 5.41) is 0. The van der Waals surface area contributed by atoms with Gasteiger partial charge >= 0.3 is 12.1 Å². The number of rotatable bonds is 9. The molecule has 2 atom stereocenters. The molecule has 0 saturated carbocycles. The molecule has 216 valence electrons. The molecule has 0 aliphatic heterocycles.